The summed E-state index contributed by atoms with van der Waals surface area (Å²) in [4.78, 5) is 0.106. The van der Waals surface area contributed by atoms with Crippen molar-refractivity contribution < 1.29 is 18.3 Å². The molecule has 1 aliphatic carbocycles. The minimum absolute atomic E-state index is 0.106. The molecule has 7 heteroatoms. The van der Waals surface area contributed by atoms with E-state index < -0.39 is 16.1 Å². The average molecular weight is 272 g/mol. The number of benzene rings is 1. The van der Waals surface area contributed by atoms with E-state index in [1.807, 2.05) is 0 Å². The largest absolute Gasteiger partial charge is 0.495 e. The van der Waals surface area contributed by atoms with Gasteiger partial charge in [0.25, 0.3) is 0 Å². The Hall–Kier alpha value is -1.31. The van der Waals surface area contributed by atoms with Gasteiger partial charge in [0.05, 0.1) is 23.8 Å². The number of rotatable bonds is 4. The van der Waals surface area contributed by atoms with Gasteiger partial charge in [0, 0.05) is 12.1 Å². The van der Waals surface area contributed by atoms with Gasteiger partial charge in [-0.3, -0.25) is 0 Å². The van der Waals surface area contributed by atoms with Gasteiger partial charge in [-0.25, -0.2) is 13.1 Å². The second-order valence-corrected chi connectivity index (χ2v) is 6.06. The molecule has 0 spiro atoms. The highest BCUT2D eigenvalue weighted by atomic mass is 32.2. The number of hydrogen-bond donors (Lipinski definition) is 3. The molecule has 0 aliphatic heterocycles. The van der Waals surface area contributed by atoms with Crippen LogP contribution < -0.4 is 15.2 Å². The smallest absolute Gasteiger partial charge is 0.240 e. The summed E-state index contributed by atoms with van der Waals surface area (Å²) in [6, 6.07) is 4.10. The summed E-state index contributed by atoms with van der Waals surface area (Å²) in [5.41, 5.74) is 6.01. The van der Waals surface area contributed by atoms with E-state index in [-0.39, 0.29) is 10.9 Å². The lowest BCUT2D eigenvalue weighted by Crippen LogP contribution is -2.46. The number of hydrogen-bond acceptors (Lipinski definition) is 5. The van der Waals surface area contributed by atoms with Gasteiger partial charge in [-0.05, 0) is 25.0 Å². The molecule has 18 heavy (non-hydrogen) atoms. The Morgan fingerprint density at radius 3 is 2.67 bits per heavy atom. The molecule has 0 aromatic heterocycles. The van der Waals surface area contributed by atoms with Crippen LogP contribution in [0.3, 0.4) is 0 Å². The molecule has 0 unspecified atom stereocenters. The molecule has 0 radical (unpaired) electrons. The predicted octanol–water partition coefficient (Wildman–Crippen LogP) is 0.0790. The molecule has 0 amide bonds. The fraction of sp³-hybridized carbons (Fsp3) is 0.455. The van der Waals surface area contributed by atoms with Crippen molar-refractivity contribution in [2.75, 3.05) is 12.8 Å². The highest BCUT2D eigenvalue weighted by molar-refractivity contribution is 7.89. The van der Waals surface area contributed by atoms with E-state index in [9.17, 15) is 8.42 Å². The maximum atomic E-state index is 12.0. The maximum absolute atomic E-state index is 12.0. The molecular weight excluding hydrogens is 256 g/mol. The van der Waals surface area contributed by atoms with E-state index in [1.165, 1.54) is 25.3 Å². The molecule has 1 saturated carbocycles. The van der Waals surface area contributed by atoms with Crippen LogP contribution >= 0.6 is 0 Å². The second kappa shape index (κ2) is 4.75. The van der Waals surface area contributed by atoms with Crippen LogP contribution in [0.25, 0.3) is 0 Å². The number of sulfonamides is 1. The molecule has 4 N–H and O–H groups in total. The SMILES string of the molecule is COc1cc(S(=O)(=O)NC2CC(O)C2)ccc1N. The average Bonchev–Trinajstić information content (AvgIpc) is 2.27. The molecule has 0 saturated heterocycles. The van der Waals surface area contributed by atoms with E-state index in [2.05, 4.69) is 4.72 Å². The lowest BCUT2D eigenvalue weighted by Gasteiger charge is -2.31. The van der Waals surface area contributed by atoms with Crippen LogP contribution in [0.4, 0.5) is 5.69 Å². The number of anilines is 1. The summed E-state index contributed by atoms with van der Waals surface area (Å²) in [6.45, 7) is 0. The molecular formula is C11H16N2O4S. The molecule has 1 aliphatic rings. The number of nitrogens with one attached hydrogen (secondary N) is 1. The number of nitrogens with two attached hydrogens (primary N) is 1. The molecule has 0 bridgehead atoms. The van der Waals surface area contributed by atoms with E-state index in [1.54, 1.807) is 0 Å². The van der Waals surface area contributed by atoms with Crippen LogP contribution in [0.2, 0.25) is 0 Å². The van der Waals surface area contributed by atoms with Crippen molar-refractivity contribution in [1.29, 1.82) is 0 Å². The summed E-state index contributed by atoms with van der Waals surface area (Å²) in [5.74, 6) is 0.325. The van der Waals surface area contributed by atoms with Gasteiger partial charge in [-0.1, -0.05) is 0 Å². The van der Waals surface area contributed by atoms with Crippen LogP contribution in [0.15, 0.2) is 23.1 Å². The Morgan fingerprint density at radius 2 is 2.11 bits per heavy atom. The highest BCUT2D eigenvalue weighted by Crippen LogP contribution is 2.26. The number of aliphatic hydroxyl groups is 1. The highest BCUT2D eigenvalue weighted by Gasteiger charge is 2.31. The quantitative estimate of drug-likeness (QED) is 0.674. The van der Waals surface area contributed by atoms with Crippen molar-refractivity contribution in [3.8, 4) is 5.75 Å². The summed E-state index contributed by atoms with van der Waals surface area (Å²) >= 11 is 0. The standard InChI is InChI=1S/C11H16N2O4S/c1-17-11-6-9(2-3-10(11)12)18(15,16)13-7-4-8(14)5-7/h2-3,6-8,13-14H,4-5,12H2,1H3. The molecule has 6 nitrogen and oxygen atoms in total. The Bertz CT molecular complexity index is 538. The fourth-order valence-electron chi connectivity index (χ4n) is 1.83. The first-order valence-corrected chi connectivity index (χ1v) is 7.04. The van der Waals surface area contributed by atoms with Crippen molar-refractivity contribution in [1.82, 2.24) is 4.72 Å². The van der Waals surface area contributed by atoms with Crippen LogP contribution in [0, 0.1) is 0 Å². The number of nitrogen functional groups attached to an aromatic ring is 1. The van der Waals surface area contributed by atoms with Gasteiger partial charge in [0.15, 0.2) is 0 Å². The van der Waals surface area contributed by atoms with Crippen LogP contribution in [0.5, 0.6) is 5.75 Å². The minimum atomic E-state index is -3.59. The Balaban J connectivity index is 2.19. The third-order valence-corrected chi connectivity index (χ3v) is 4.47. The van der Waals surface area contributed by atoms with E-state index in [0.717, 1.165) is 0 Å². The summed E-state index contributed by atoms with van der Waals surface area (Å²) < 4.78 is 31.6. The van der Waals surface area contributed by atoms with Gasteiger partial charge in [-0.15, -0.1) is 0 Å². The first-order chi connectivity index (χ1) is 8.42. The zero-order valence-corrected chi connectivity index (χ0v) is 10.8. The van der Waals surface area contributed by atoms with Crippen molar-refractivity contribution in [2.24, 2.45) is 0 Å². The van der Waals surface area contributed by atoms with Crippen LogP contribution in [-0.4, -0.2) is 32.8 Å². The van der Waals surface area contributed by atoms with Crippen molar-refractivity contribution in [3.05, 3.63) is 18.2 Å². The van der Waals surface area contributed by atoms with E-state index in [0.29, 0.717) is 24.3 Å². The fourth-order valence-corrected chi connectivity index (χ4v) is 3.11. The van der Waals surface area contributed by atoms with Gasteiger partial charge < -0.3 is 15.6 Å². The van der Waals surface area contributed by atoms with Crippen molar-refractivity contribution in [3.63, 3.8) is 0 Å². The molecule has 100 valence electrons. The van der Waals surface area contributed by atoms with Crippen LogP contribution in [-0.2, 0) is 10.0 Å². The number of methoxy groups -OCH3 is 1. The summed E-state index contributed by atoms with van der Waals surface area (Å²) in [6.07, 6.45) is 0.495. The third kappa shape index (κ3) is 2.58. The van der Waals surface area contributed by atoms with Gasteiger partial charge in [0.2, 0.25) is 10.0 Å². The second-order valence-electron chi connectivity index (χ2n) is 4.35. The zero-order chi connectivity index (χ0) is 13.3. The molecule has 1 fully saturated rings. The van der Waals surface area contributed by atoms with Crippen molar-refractivity contribution >= 4 is 15.7 Å². The van der Waals surface area contributed by atoms with E-state index in [4.69, 9.17) is 15.6 Å². The maximum Gasteiger partial charge on any atom is 0.240 e. The first kappa shape index (κ1) is 13.1. The Kier molecular flexibility index (Phi) is 3.47. The Labute approximate surface area is 106 Å². The zero-order valence-electron chi connectivity index (χ0n) is 9.96. The van der Waals surface area contributed by atoms with Gasteiger partial charge in [0.1, 0.15) is 5.75 Å². The molecule has 2 rings (SSSR count). The first-order valence-electron chi connectivity index (χ1n) is 5.56. The topological polar surface area (TPSA) is 102 Å². The van der Waals surface area contributed by atoms with Crippen molar-refractivity contribution in [2.45, 2.75) is 29.9 Å². The van der Waals surface area contributed by atoms with Gasteiger partial charge >= 0.3 is 0 Å². The summed E-state index contributed by atoms with van der Waals surface area (Å²) in [7, 11) is -2.16. The molecule has 0 heterocycles. The van der Waals surface area contributed by atoms with Gasteiger partial charge in [-0.2, -0.15) is 0 Å². The predicted molar refractivity (Wildman–Crippen MR) is 66.8 cm³/mol. The normalized spacial score (nSPS) is 23.4. The van der Waals surface area contributed by atoms with Crippen LogP contribution in [0.1, 0.15) is 12.8 Å². The number of ether oxygens (including phenoxy) is 1. The lowest BCUT2D eigenvalue weighted by atomic mass is 9.91. The number of aliphatic hydroxyl groups excluding tert-OH is 1. The molecule has 1 aromatic carbocycles. The third-order valence-electron chi connectivity index (χ3n) is 2.95. The Morgan fingerprint density at radius 1 is 1.44 bits per heavy atom. The molecule has 0 atom stereocenters. The van der Waals surface area contributed by atoms with E-state index >= 15 is 0 Å². The monoisotopic (exact) mass is 272 g/mol. The lowest BCUT2D eigenvalue weighted by molar-refractivity contribution is 0.0712. The summed E-state index contributed by atoms with van der Waals surface area (Å²) in [5, 5.41) is 9.13. The molecule has 1 aromatic rings. The minimum Gasteiger partial charge on any atom is -0.495 e.